The molecule has 0 fully saturated rings. The van der Waals surface area contributed by atoms with Crippen LogP contribution in [0.5, 0.6) is 0 Å². The monoisotopic (exact) mass is 331 g/mol. The zero-order valence-electron chi connectivity index (χ0n) is 11.1. The van der Waals surface area contributed by atoms with Gasteiger partial charge in [0.05, 0.1) is 0 Å². The summed E-state index contributed by atoms with van der Waals surface area (Å²) in [5.74, 6) is 0. The number of rotatable bonds is 3. The van der Waals surface area contributed by atoms with Crippen molar-refractivity contribution in [2.75, 3.05) is 0 Å². The summed E-state index contributed by atoms with van der Waals surface area (Å²) in [6, 6.07) is 19.9. The van der Waals surface area contributed by atoms with Crippen LogP contribution in [0.25, 0.3) is 0 Å². The lowest BCUT2D eigenvalue weighted by molar-refractivity contribution is 1.35. The topological polar surface area (TPSA) is 12.9 Å². The van der Waals surface area contributed by atoms with Gasteiger partial charge in [0.15, 0.2) is 0 Å². The Balaban J connectivity index is 2.22. The van der Waals surface area contributed by atoms with E-state index in [1.807, 2.05) is 48.7 Å². The third kappa shape index (κ3) is 3.11. The summed E-state index contributed by atoms with van der Waals surface area (Å²) in [5, 5.41) is 4.83. The van der Waals surface area contributed by atoms with Crippen molar-refractivity contribution in [3.8, 4) is 0 Å². The predicted molar refractivity (Wildman–Crippen MR) is 93.0 cm³/mol. The van der Waals surface area contributed by atoms with Crippen molar-refractivity contribution in [2.45, 2.75) is 0 Å². The molecule has 1 heterocycles. The van der Waals surface area contributed by atoms with Crippen LogP contribution in [0.3, 0.4) is 0 Å². The van der Waals surface area contributed by atoms with E-state index in [1.54, 1.807) is 6.20 Å². The maximum atomic E-state index is 6.42. The molecule has 0 aliphatic rings. The number of benzene rings is 2. The first-order chi connectivity index (χ1) is 10.3. The van der Waals surface area contributed by atoms with Gasteiger partial charge in [-0.1, -0.05) is 65.7 Å². The normalized spacial score (nSPS) is 10.8. The van der Waals surface area contributed by atoms with Crippen molar-refractivity contribution in [1.82, 2.24) is 4.98 Å². The maximum Gasteiger partial charge on any atom is 0.0489 e. The Labute approximate surface area is 135 Å². The maximum absolute atomic E-state index is 6.42. The molecule has 0 aliphatic heterocycles. The summed E-state index contributed by atoms with van der Waals surface area (Å²) >= 11 is 12.8. The molecule has 0 saturated carbocycles. The van der Waals surface area contributed by atoms with E-state index >= 15 is 0 Å². The lowest BCUT2D eigenvalue weighted by atomic mass is 10.4. The van der Waals surface area contributed by atoms with Gasteiger partial charge in [-0.25, -0.2) is 0 Å². The average Bonchev–Trinajstić information content (AvgIpc) is 2.52. The quantitative estimate of drug-likeness (QED) is 0.657. The number of pyridine rings is 1. The molecule has 0 saturated heterocycles. The summed E-state index contributed by atoms with van der Waals surface area (Å²) < 4.78 is 0. The molecule has 3 aromatic rings. The van der Waals surface area contributed by atoms with Crippen LogP contribution in [0.4, 0.5) is 0 Å². The number of nitrogens with zero attached hydrogens (tertiary/aromatic N) is 1. The molecule has 0 bridgehead atoms. The molecule has 1 aromatic heterocycles. The van der Waals surface area contributed by atoms with Gasteiger partial charge < -0.3 is 0 Å². The van der Waals surface area contributed by atoms with Gasteiger partial charge in [0.25, 0.3) is 0 Å². The summed E-state index contributed by atoms with van der Waals surface area (Å²) in [4.78, 5) is 4.25. The van der Waals surface area contributed by atoms with Gasteiger partial charge in [-0.05, 0) is 26.1 Å². The molecule has 3 rings (SSSR count). The van der Waals surface area contributed by atoms with Crippen molar-refractivity contribution in [3.05, 3.63) is 83.1 Å². The second kappa shape index (κ2) is 6.58. The first kappa shape index (κ1) is 14.5. The van der Waals surface area contributed by atoms with Crippen LogP contribution >= 0.6 is 31.1 Å². The fraction of sp³-hybridized carbons (Fsp3) is 0. The molecule has 0 spiro atoms. The van der Waals surface area contributed by atoms with Crippen molar-refractivity contribution < 1.29 is 0 Å². The Morgan fingerprint density at radius 2 is 1.29 bits per heavy atom. The smallest absolute Gasteiger partial charge is 0.0489 e. The second-order valence-corrected chi connectivity index (χ2v) is 7.41. The van der Waals surface area contributed by atoms with E-state index in [2.05, 4.69) is 23.2 Å². The summed E-state index contributed by atoms with van der Waals surface area (Å²) in [6.07, 6.45) is 3.66. The van der Waals surface area contributed by atoms with Crippen LogP contribution in [0.2, 0.25) is 10.0 Å². The standard InChI is InChI=1S/C17H12Cl2NP/c18-14-7-1-3-9-16(14)21(13-6-5-11-20-12-13)17-10-4-2-8-15(17)19/h1-12H. The number of aromatic nitrogens is 1. The second-order valence-electron chi connectivity index (χ2n) is 4.45. The highest BCUT2D eigenvalue weighted by atomic mass is 35.5. The lowest BCUT2D eigenvalue weighted by Gasteiger charge is -2.20. The summed E-state index contributed by atoms with van der Waals surface area (Å²) in [6.45, 7) is 0. The molecule has 0 radical (unpaired) electrons. The molecular weight excluding hydrogens is 320 g/mol. The number of halogens is 2. The van der Waals surface area contributed by atoms with E-state index < -0.39 is 7.92 Å². The SMILES string of the molecule is Clc1ccccc1P(c1cccnc1)c1ccccc1Cl. The molecule has 0 amide bonds. The van der Waals surface area contributed by atoms with E-state index in [0.29, 0.717) is 0 Å². The molecule has 104 valence electrons. The fourth-order valence-corrected chi connectivity index (χ4v) is 5.22. The molecule has 0 atom stereocenters. The van der Waals surface area contributed by atoms with E-state index in [9.17, 15) is 0 Å². The Morgan fingerprint density at radius 3 is 1.76 bits per heavy atom. The first-order valence-electron chi connectivity index (χ1n) is 6.46. The van der Waals surface area contributed by atoms with Gasteiger partial charge in [0.1, 0.15) is 0 Å². The van der Waals surface area contributed by atoms with E-state index in [-0.39, 0.29) is 0 Å². The highest BCUT2D eigenvalue weighted by Gasteiger charge is 2.20. The zero-order chi connectivity index (χ0) is 14.7. The van der Waals surface area contributed by atoms with Gasteiger partial charge >= 0.3 is 0 Å². The van der Waals surface area contributed by atoms with Crippen LogP contribution in [0.15, 0.2) is 73.1 Å². The van der Waals surface area contributed by atoms with E-state index in [4.69, 9.17) is 23.2 Å². The largest absolute Gasteiger partial charge is 0.264 e. The van der Waals surface area contributed by atoms with Crippen LogP contribution in [-0.2, 0) is 0 Å². The Hall–Kier alpha value is -1.40. The van der Waals surface area contributed by atoms with Gasteiger partial charge in [0, 0.05) is 38.4 Å². The minimum atomic E-state index is -0.814. The first-order valence-corrected chi connectivity index (χ1v) is 8.56. The minimum Gasteiger partial charge on any atom is -0.264 e. The van der Waals surface area contributed by atoms with Crippen LogP contribution in [-0.4, -0.2) is 4.98 Å². The van der Waals surface area contributed by atoms with Gasteiger partial charge in [0.2, 0.25) is 0 Å². The van der Waals surface area contributed by atoms with Crippen LogP contribution in [0, 0.1) is 0 Å². The molecule has 0 unspecified atom stereocenters. The van der Waals surface area contributed by atoms with Gasteiger partial charge in [-0.3, -0.25) is 4.98 Å². The number of hydrogen-bond acceptors (Lipinski definition) is 1. The molecule has 4 heteroatoms. The molecule has 0 aliphatic carbocycles. The van der Waals surface area contributed by atoms with Crippen LogP contribution < -0.4 is 15.9 Å². The molecule has 2 aromatic carbocycles. The Kier molecular flexibility index (Phi) is 4.55. The summed E-state index contributed by atoms with van der Waals surface area (Å²) in [7, 11) is -0.814. The van der Waals surface area contributed by atoms with Crippen molar-refractivity contribution in [1.29, 1.82) is 0 Å². The Morgan fingerprint density at radius 1 is 0.714 bits per heavy atom. The highest BCUT2D eigenvalue weighted by Crippen LogP contribution is 2.37. The minimum absolute atomic E-state index is 0.757. The van der Waals surface area contributed by atoms with Crippen molar-refractivity contribution >= 4 is 47.0 Å². The fourth-order valence-electron chi connectivity index (χ4n) is 2.16. The van der Waals surface area contributed by atoms with E-state index in [0.717, 1.165) is 26.0 Å². The van der Waals surface area contributed by atoms with Crippen molar-refractivity contribution in [2.24, 2.45) is 0 Å². The predicted octanol–water partition coefficient (Wildman–Crippen LogP) is 4.15. The zero-order valence-corrected chi connectivity index (χ0v) is 13.5. The van der Waals surface area contributed by atoms with E-state index in [1.165, 1.54) is 0 Å². The van der Waals surface area contributed by atoms with Gasteiger partial charge in [-0.2, -0.15) is 0 Å². The average molecular weight is 332 g/mol. The highest BCUT2D eigenvalue weighted by molar-refractivity contribution is 7.80. The Bertz CT molecular complexity index is 701. The van der Waals surface area contributed by atoms with Gasteiger partial charge in [-0.15, -0.1) is 0 Å². The molecule has 21 heavy (non-hydrogen) atoms. The third-order valence-electron chi connectivity index (χ3n) is 3.09. The molecule has 1 nitrogen and oxygen atoms in total. The molecular formula is C17H12Cl2NP. The van der Waals surface area contributed by atoms with Crippen LogP contribution in [0.1, 0.15) is 0 Å². The molecule has 0 N–H and O–H groups in total. The third-order valence-corrected chi connectivity index (χ3v) is 6.54. The lowest BCUT2D eigenvalue weighted by Crippen LogP contribution is -2.22. The summed E-state index contributed by atoms with van der Waals surface area (Å²) in [5.41, 5.74) is 0. The number of hydrogen-bond donors (Lipinski definition) is 0. The van der Waals surface area contributed by atoms with Crippen molar-refractivity contribution in [3.63, 3.8) is 0 Å².